The van der Waals surface area contributed by atoms with Crippen molar-refractivity contribution in [3.05, 3.63) is 59.7 Å². The number of aliphatic hydroxyl groups is 1. The minimum absolute atomic E-state index is 0.229. The smallest absolute Gasteiger partial charge is 0.164 e. The van der Waals surface area contributed by atoms with E-state index in [4.69, 9.17) is 0 Å². The first-order chi connectivity index (χ1) is 10.8. The zero-order chi connectivity index (χ0) is 15.4. The summed E-state index contributed by atoms with van der Waals surface area (Å²) in [5, 5.41) is 9.55. The lowest BCUT2D eigenvalue weighted by atomic mass is 10.1. The molecule has 0 aliphatic carbocycles. The van der Waals surface area contributed by atoms with E-state index >= 15 is 0 Å². The van der Waals surface area contributed by atoms with Crippen molar-refractivity contribution in [1.29, 1.82) is 0 Å². The monoisotopic (exact) mass is 330 g/mol. The molecule has 2 aromatic carbocycles. The quantitative estimate of drug-likeness (QED) is 0.767. The van der Waals surface area contributed by atoms with Gasteiger partial charge in [-0.15, -0.1) is 23.5 Å². The molecule has 0 saturated heterocycles. The third-order valence-corrected chi connectivity index (χ3v) is 5.90. The van der Waals surface area contributed by atoms with Gasteiger partial charge in [0.05, 0.1) is 6.10 Å². The van der Waals surface area contributed by atoms with E-state index in [1.165, 1.54) is 4.90 Å². The van der Waals surface area contributed by atoms with E-state index in [1.54, 1.807) is 11.8 Å². The minimum atomic E-state index is -0.229. The summed E-state index contributed by atoms with van der Waals surface area (Å²) in [6, 6.07) is 15.9. The van der Waals surface area contributed by atoms with Gasteiger partial charge in [0.15, 0.2) is 5.78 Å². The van der Waals surface area contributed by atoms with Crippen molar-refractivity contribution in [3.63, 3.8) is 0 Å². The zero-order valence-corrected chi connectivity index (χ0v) is 13.8. The number of aliphatic hydroxyl groups excluding tert-OH is 1. The number of carbonyl (C=O) groups excluding carboxylic acids is 1. The number of fused-ring (bicyclic) bond motifs is 2. The molecule has 0 saturated carbocycles. The van der Waals surface area contributed by atoms with Crippen LogP contribution in [0.15, 0.2) is 58.3 Å². The molecular weight excluding hydrogens is 312 g/mol. The van der Waals surface area contributed by atoms with Crippen molar-refractivity contribution in [2.45, 2.75) is 28.7 Å². The van der Waals surface area contributed by atoms with Crippen LogP contribution < -0.4 is 0 Å². The summed E-state index contributed by atoms with van der Waals surface area (Å²) in [4.78, 5) is 13.7. The van der Waals surface area contributed by atoms with Crippen LogP contribution in [0.1, 0.15) is 34.9 Å². The first-order valence-corrected chi connectivity index (χ1v) is 9.37. The van der Waals surface area contributed by atoms with Crippen molar-refractivity contribution in [2.24, 2.45) is 0 Å². The Hall–Kier alpha value is -1.23. The van der Waals surface area contributed by atoms with Gasteiger partial charge in [0.1, 0.15) is 0 Å². The molecular formula is C18H18O2S2. The van der Waals surface area contributed by atoms with Gasteiger partial charge in [0.25, 0.3) is 0 Å². The van der Waals surface area contributed by atoms with Crippen LogP contribution in [0.5, 0.6) is 0 Å². The maximum Gasteiger partial charge on any atom is 0.164 e. The highest BCUT2D eigenvalue weighted by Gasteiger charge is 2.17. The first-order valence-electron chi connectivity index (χ1n) is 7.40. The molecule has 2 aliphatic heterocycles. The maximum atomic E-state index is 11.3. The molecule has 4 heteroatoms. The van der Waals surface area contributed by atoms with Crippen molar-refractivity contribution in [3.8, 4) is 0 Å². The third-order valence-electron chi connectivity index (χ3n) is 3.70. The van der Waals surface area contributed by atoms with E-state index in [2.05, 4.69) is 6.07 Å². The van der Waals surface area contributed by atoms with Crippen molar-refractivity contribution >= 4 is 29.3 Å². The number of hydrogen-bond acceptors (Lipinski definition) is 4. The van der Waals surface area contributed by atoms with Gasteiger partial charge >= 0.3 is 0 Å². The molecule has 0 spiro atoms. The number of thioether (sulfide) groups is 2. The van der Waals surface area contributed by atoms with E-state index in [1.807, 2.05) is 54.2 Å². The van der Waals surface area contributed by atoms with Crippen LogP contribution in [0.2, 0.25) is 0 Å². The highest BCUT2D eigenvalue weighted by molar-refractivity contribution is 7.99. The molecule has 22 heavy (non-hydrogen) atoms. The van der Waals surface area contributed by atoms with Gasteiger partial charge in [-0.25, -0.2) is 0 Å². The van der Waals surface area contributed by atoms with E-state index in [0.29, 0.717) is 12.2 Å². The fraction of sp³-hybridized carbons (Fsp3) is 0.278. The largest absolute Gasteiger partial charge is 0.388 e. The van der Waals surface area contributed by atoms with Gasteiger partial charge in [0.2, 0.25) is 0 Å². The summed E-state index contributed by atoms with van der Waals surface area (Å²) in [5.74, 6) is 2.27. The molecule has 4 rings (SSSR count). The Morgan fingerprint density at radius 2 is 1.59 bits per heavy atom. The van der Waals surface area contributed by atoms with Gasteiger partial charge in [-0.1, -0.05) is 36.4 Å². The first kappa shape index (κ1) is 15.7. The van der Waals surface area contributed by atoms with Crippen LogP contribution in [0.25, 0.3) is 0 Å². The predicted octanol–water partition coefficient (Wildman–Crippen LogP) is 4.58. The van der Waals surface area contributed by atoms with Gasteiger partial charge < -0.3 is 5.11 Å². The Morgan fingerprint density at radius 1 is 0.909 bits per heavy atom. The molecule has 2 aromatic rings. The molecule has 2 heterocycles. The van der Waals surface area contributed by atoms with Crippen LogP contribution >= 0.6 is 23.5 Å². The molecule has 0 amide bonds. The lowest BCUT2D eigenvalue weighted by Gasteiger charge is -2.19. The zero-order valence-electron chi connectivity index (χ0n) is 12.2. The molecule has 114 valence electrons. The maximum absolute atomic E-state index is 11.3. The SMILES string of the molecule is O=C1CCSc2ccccc21.OC1CCSc2ccccc21. The fourth-order valence-electron chi connectivity index (χ4n) is 2.53. The Bertz CT molecular complexity index is 670. The molecule has 0 bridgehead atoms. The summed E-state index contributed by atoms with van der Waals surface area (Å²) < 4.78 is 0. The van der Waals surface area contributed by atoms with Crippen LogP contribution in [-0.4, -0.2) is 22.4 Å². The highest BCUT2D eigenvalue weighted by atomic mass is 32.2. The topological polar surface area (TPSA) is 37.3 Å². The number of hydrogen-bond donors (Lipinski definition) is 1. The van der Waals surface area contributed by atoms with Crippen molar-refractivity contribution in [2.75, 3.05) is 11.5 Å². The average molecular weight is 330 g/mol. The number of benzene rings is 2. The summed E-state index contributed by atoms with van der Waals surface area (Å²) >= 11 is 3.60. The van der Waals surface area contributed by atoms with Crippen LogP contribution in [0, 0.1) is 0 Å². The van der Waals surface area contributed by atoms with Gasteiger partial charge in [-0.3, -0.25) is 4.79 Å². The Balaban J connectivity index is 0.000000131. The summed E-state index contributed by atoms with van der Waals surface area (Å²) in [5.41, 5.74) is 2.01. The summed E-state index contributed by atoms with van der Waals surface area (Å²) in [6.45, 7) is 0. The molecule has 1 atom stereocenters. The van der Waals surface area contributed by atoms with Gasteiger partial charge in [0, 0.05) is 33.3 Å². The van der Waals surface area contributed by atoms with E-state index in [-0.39, 0.29) is 6.10 Å². The minimum Gasteiger partial charge on any atom is -0.388 e. The average Bonchev–Trinajstić information content (AvgIpc) is 2.57. The second kappa shape index (κ2) is 7.36. The Kier molecular flexibility index (Phi) is 5.24. The number of rotatable bonds is 0. The summed E-state index contributed by atoms with van der Waals surface area (Å²) in [7, 11) is 0. The predicted molar refractivity (Wildman–Crippen MR) is 92.9 cm³/mol. The molecule has 0 radical (unpaired) electrons. The highest BCUT2D eigenvalue weighted by Crippen LogP contribution is 2.35. The molecule has 2 aliphatic rings. The van der Waals surface area contributed by atoms with Crippen LogP contribution in [0.4, 0.5) is 0 Å². The normalized spacial score (nSPS) is 19.5. The molecule has 1 unspecified atom stereocenters. The summed E-state index contributed by atoms with van der Waals surface area (Å²) in [6.07, 6.45) is 1.36. The van der Waals surface area contributed by atoms with Crippen molar-refractivity contribution < 1.29 is 9.90 Å². The molecule has 1 N–H and O–H groups in total. The van der Waals surface area contributed by atoms with E-state index in [0.717, 1.165) is 33.9 Å². The lowest BCUT2D eigenvalue weighted by molar-refractivity contribution is 0.0985. The number of Topliss-reactive ketones (excluding diaryl/α,β-unsaturated/α-hetero) is 1. The Labute approximate surface area is 139 Å². The fourth-order valence-corrected chi connectivity index (χ4v) is 4.66. The molecule has 2 nitrogen and oxygen atoms in total. The second-order valence-electron chi connectivity index (χ2n) is 5.21. The standard InChI is InChI=1S/C9H10OS.C9H8OS/c2*10-8-5-6-11-9-4-2-1-3-7(8)9/h1-4,8,10H,5-6H2;1-4H,5-6H2. The lowest BCUT2D eigenvalue weighted by Crippen LogP contribution is -2.07. The third kappa shape index (κ3) is 3.57. The van der Waals surface area contributed by atoms with Crippen LogP contribution in [-0.2, 0) is 0 Å². The number of carbonyl (C=O) groups is 1. The molecule has 0 fully saturated rings. The second-order valence-corrected chi connectivity index (χ2v) is 7.48. The van der Waals surface area contributed by atoms with E-state index in [9.17, 15) is 9.90 Å². The van der Waals surface area contributed by atoms with E-state index < -0.39 is 0 Å². The molecule has 0 aromatic heterocycles. The van der Waals surface area contributed by atoms with Gasteiger partial charge in [-0.2, -0.15) is 0 Å². The van der Waals surface area contributed by atoms with Crippen LogP contribution in [0.3, 0.4) is 0 Å². The number of ketones is 1. The Morgan fingerprint density at radius 3 is 2.36 bits per heavy atom. The van der Waals surface area contributed by atoms with Crippen molar-refractivity contribution in [1.82, 2.24) is 0 Å². The van der Waals surface area contributed by atoms with Gasteiger partial charge in [-0.05, 0) is 24.1 Å².